The Morgan fingerprint density at radius 3 is 2.93 bits per heavy atom. The van der Waals surface area contributed by atoms with Crippen LogP contribution in [0.5, 0.6) is 5.75 Å². The third kappa shape index (κ3) is 4.48. The second kappa shape index (κ2) is 8.24. The van der Waals surface area contributed by atoms with E-state index in [1.165, 1.54) is 24.1 Å². The van der Waals surface area contributed by atoms with Crippen LogP contribution in [0.1, 0.15) is 30.1 Å². The van der Waals surface area contributed by atoms with Crippen LogP contribution >= 0.6 is 0 Å². The monoisotopic (exact) mass is 392 g/mol. The zero-order valence-corrected chi connectivity index (χ0v) is 16.3. The molecule has 1 amide bonds. The first-order valence-electron chi connectivity index (χ1n) is 9.12. The molecule has 1 N–H and O–H groups in total. The number of benzene rings is 1. The van der Waals surface area contributed by atoms with E-state index in [1.54, 1.807) is 24.9 Å². The van der Waals surface area contributed by atoms with Gasteiger partial charge in [0, 0.05) is 25.2 Å². The average Bonchev–Trinajstić information content (AvgIpc) is 3.05. The smallest absolute Gasteiger partial charge is 0.256 e. The summed E-state index contributed by atoms with van der Waals surface area (Å²) < 4.78 is 24.4. The first-order valence-corrected chi connectivity index (χ1v) is 9.12. The number of halogens is 1. The lowest BCUT2D eigenvalue weighted by Crippen LogP contribution is -2.57. The lowest BCUT2D eigenvalue weighted by atomic mass is 9.90. The van der Waals surface area contributed by atoms with Crippen LogP contribution in [0.3, 0.4) is 0 Å². The summed E-state index contributed by atoms with van der Waals surface area (Å²) in [5, 5.41) is 14.7. The third-order valence-corrected chi connectivity index (χ3v) is 4.82. The van der Waals surface area contributed by atoms with Crippen LogP contribution in [0.25, 0.3) is 0 Å². The molecule has 1 aromatic heterocycles. The van der Waals surface area contributed by atoms with Crippen molar-refractivity contribution in [2.75, 3.05) is 27.2 Å². The number of hydrogen-bond donors (Lipinski definition) is 1. The number of piperidine rings is 1. The highest BCUT2D eigenvalue weighted by molar-refractivity contribution is 5.86. The van der Waals surface area contributed by atoms with E-state index in [9.17, 15) is 14.3 Å². The van der Waals surface area contributed by atoms with Gasteiger partial charge in [0.15, 0.2) is 11.4 Å². The third-order valence-electron chi connectivity index (χ3n) is 4.82. The summed E-state index contributed by atoms with van der Waals surface area (Å²) in [6.45, 7) is 2.70. The molecule has 2 heterocycles. The molecule has 1 aromatic carbocycles. The highest BCUT2D eigenvalue weighted by Gasteiger charge is 2.43. The zero-order valence-electron chi connectivity index (χ0n) is 16.3. The fraction of sp³-hybridized carbons (Fsp3) is 0.526. The average molecular weight is 392 g/mol. The Labute approximate surface area is 162 Å². The number of aromatic nitrogens is 2. The summed E-state index contributed by atoms with van der Waals surface area (Å²) in [5.74, 6) is 0.649. The molecule has 8 nitrogen and oxygen atoms in total. The molecule has 0 aliphatic carbocycles. The Hall–Kier alpha value is -2.52. The molecule has 0 saturated carbocycles. The van der Waals surface area contributed by atoms with Gasteiger partial charge in [-0.15, -0.1) is 0 Å². The molecule has 1 saturated heterocycles. The number of carbonyl (C=O) groups excluding carboxylic acids is 1. The maximum Gasteiger partial charge on any atom is 0.256 e. The van der Waals surface area contributed by atoms with Crippen LogP contribution < -0.4 is 4.74 Å². The van der Waals surface area contributed by atoms with Crippen LogP contribution in [0.2, 0.25) is 0 Å². The maximum absolute atomic E-state index is 14.1. The quantitative estimate of drug-likeness (QED) is 0.764. The lowest BCUT2D eigenvalue weighted by molar-refractivity contribution is -0.160. The summed E-state index contributed by atoms with van der Waals surface area (Å²) in [7, 11) is 3.27. The molecule has 0 radical (unpaired) electrons. The van der Waals surface area contributed by atoms with Crippen LogP contribution in [-0.2, 0) is 17.9 Å². The highest BCUT2D eigenvalue weighted by atomic mass is 19.1. The molecule has 0 unspecified atom stereocenters. The predicted molar refractivity (Wildman–Crippen MR) is 97.9 cm³/mol. The van der Waals surface area contributed by atoms with Crippen LogP contribution in [0.15, 0.2) is 22.7 Å². The van der Waals surface area contributed by atoms with Gasteiger partial charge in [-0.05, 0) is 45.0 Å². The number of hydrogen-bond acceptors (Lipinski definition) is 7. The van der Waals surface area contributed by atoms with Gasteiger partial charge in [0.2, 0.25) is 5.89 Å². The van der Waals surface area contributed by atoms with E-state index in [4.69, 9.17) is 9.26 Å². The summed E-state index contributed by atoms with van der Waals surface area (Å²) in [4.78, 5) is 20.3. The first kappa shape index (κ1) is 20.2. The van der Waals surface area contributed by atoms with Crippen molar-refractivity contribution in [3.8, 4) is 5.75 Å². The number of carbonyl (C=O) groups is 1. The summed E-state index contributed by atoms with van der Waals surface area (Å²) in [6, 6.07) is 4.41. The lowest BCUT2D eigenvalue weighted by Gasteiger charge is -2.40. The van der Waals surface area contributed by atoms with Crippen LogP contribution in [0.4, 0.5) is 4.39 Å². The van der Waals surface area contributed by atoms with Crippen LogP contribution in [-0.4, -0.2) is 63.8 Å². The van der Waals surface area contributed by atoms with Gasteiger partial charge < -0.3 is 19.3 Å². The Bertz CT molecular complexity index is 843. The number of ether oxygens (including phenoxy) is 1. The minimum absolute atomic E-state index is 0.0801. The van der Waals surface area contributed by atoms with E-state index < -0.39 is 17.3 Å². The second-order valence-corrected chi connectivity index (χ2v) is 7.23. The van der Waals surface area contributed by atoms with Gasteiger partial charge in [-0.3, -0.25) is 9.69 Å². The Balaban J connectivity index is 1.68. The van der Waals surface area contributed by atoms with E-state index in [2.05, 4.69) is 10.1 Å². The van der Waals surface area contributed by atoms with Crippen molar-refractivity contribution < 1.29 is 23.6 Å². The Kier molecular flexibility index (Phi) is 5.95. The van der Waals surface area contributed by atoms with E-state index >= 15 is 0 Å². The maximum atomic E-state index is 14.1. The van der Waals surface area contributed by atoms with Crippen molar-refractivity contribution in [3.63, 3.8) is 0 Å². The number of likely N-dealkylation sites (N-methyl/N-ethyl adjacent to an activating group) is 1. The first-order chi connectivity index (χ1) is 13.3. The molecule has 0 spiro atoms. The fourth-order valence-corrected chi connectivity index (χ4v) is 3.51. The van der Waals surface area contributed by atoms with Crippen molar-refractivity contribution in [3.05, 3.63) is 41.3 Å². The molecular weight excluding hydrogens is 367 g/mol. The van der Waals surface area contributed by atoms with E-state index in [0.29, 0.717) is 49.0 Å². The number of nitrogens with zero attached hydrogens (tertiary/aromatic N) is 4. The van der Waals surface area contributed by atoms with Gasteiger partial charge in [-0.2, -0.15) is 4.98 Å². The largest absolute Gasteiger partial charge is 0.497 e. The van der Waals surface area contributed by atoms with E-state index in [0.717, 1.165) is 0 Å². The molecule has 2 aromatic rings. The summed E-state index contributed by atoms with van der Waals surface area (Å²) in [6.07, 6.45) is 0.970. The minimum Gasteiger partial charge on any atom is -0.497 e. The van der Waals surface area contributed by atoms with Gasteiger partial charge in [-0.25, -0.2) is 4.39 Å². The molecular formula is C19H25FN4O4. The van der Waals surface area contributed by atoms with Crippen molar-refractivity contribution >= 4 is 5.91 Å². The summed E-state index contributed by atoms with van der Waals surface area (Å²) >= 11 is 0. The van der Waals surface area contributed by atoms with Crippen molar-refractivity contribution in [1.82, 2.24) is 19.9 Å². The standard InChI is InChI=1S/C19H25FN4O4/c1-13-21-17(28-22-13)11-23(2)12-19(26)7-4-8-24(18(19)25)10-14-9-15(27-3)5-6-16(14)20/h5-6,9,26H,4,7-8,10-12H2,1-3H3/t19-/m1/s1. The highest BCUT2D eigenvalue weighted by Crippen LogP contribution is 2.27. The Morgan fingerprint density at radius 1 is 1.46 bits per heavy atom. The number of methoxy groups -OCH3 is 1. The van der Waals surface area contributed by atoms with E-state index in [-0.39, 0.29) is 13.1 Å². The van der Waals surface area contributed by atoms with Gasteiger partial charge in [-0.1, -0.05) is 5.16 Å². The summed E-state index contributed by atoms with van der Waals surface area (Å²) in [5.41, 5.74) is -1.19. The molecule has 9 heteroatoms. The second-order valence-electron chi connectivity index (χ2n) is 7.23. The molecule has 1 aliphatic heterocycles. The molecule has 152 valence electrons. The SMILES string of the molecule is COc1ccc(F)c(CN2CCC[C@@](O)(CN(C)Cc3nc(C)no3)C2=O)c1. The molecule has 28 heavy (non-hydrogen) atoms. The number of rotatable bonds is 7. The normalized spacial score (nSPS) is 20.1. The number of aryl methyl sites for hydroxylation is 1. The van der Waals surface area contributed by atoms with Gasteiger partial charge in [0.1, 0.15) is 11.6 Å². The van der Waals surface area contributed by atoms with Crippen molar-refractivity contribution in [2.24, 2.45) is 0 Å². The molecule has 1 fully saturated rings. The van der Waals surface area contributed by atoms with Gasteiger partial charge >= 0.3 is 0 Å². The predicted octanol–water partition coefficient (Wildman–Crippen LogP) is 1.51. The van der Waals surface area contributed by atoms with Gasteiger partial charge in [0.25, 0.3) is 5.91 Å². The molecule has 0 bridgehead atoms. The van der Waals surface area contributed by atoms with Gasteiger partial charge in [0.05, 0.1) is 13.7 Å². The van der Waals surface area contributed by atoms with E-state index in [1.807, 2.05) is 0 Å². The van der Waals surface area contributed by atoms with Crippen molar-refractivity contribution in [2.45, 2.75) is 38.5 Å². The van der Waals surface area contributed by atoms with Crippen molar-refractivity contribution in [1.29, 1.82) is 0 Å². The van der Waals surface area contributed by atoms with Crippen LogP contribution in [0, 0.1) is 12.7 Å². The molecule has 1 atom stereocenters. The molecule has 1 aliphatic rings. The molecule has 3 rings (SSSR count). The minimum atomic E-state index is -1.54. The fourth-order valence-electron chi connectivity index (χ4n) is 3.51. The zero-order chi connectivity index (χ0) is 20.3. The number of likely N-dealkylation sites (tertiary alicyclic amines) is 1. The number of aliphatic hydroxyl groups is 1. The topological polar surface area (TPSA) is 91.9 Å². The number of amides is 1. The Morgan fingerprint density at radius 2 is 2.25 bits per heavy atom.